The Kier molecular flexibility index (Phi) is 4.94. The second-order valence-corrected chi connectivity index (χ2v) is 6.51. The summed E-state index contributed by atoms with van der Waals surface area (Å²) in [6, 6.07) is 10.1. The molecule has 0 aliphatic rings. The van der Waals surface area contributed by atoms with Crippen LogP contribution >= 0.6 is 11.6 Å². The van der Waals surface area contributed by atoms with Gasteiger partial charge in [-0.1, -0.05) is 11.6 Å². The maximum atomic E-state index is 13.9. The summed E-state index contributed by atoms with van der Waals surface area (Å²) in [5, 5.41) is 11.1. The molecule has 4 aromatic rings. The lowest BCUT2D eigenvalue weighted by molar-refractivity contribution is 0.355. The number of nitrogens with one attached hydrogen (secondary N) is 2. The first-order valence-electron chi connectivity index (χ1n) is 8.49. The minimum Gasteiger partial charge on any atom is -0.493 e. The number of hydrogen-bond acceptors (Lipinski definition) is 5. The molecule has 0 radical (unpaired) electrons. The van der Waals surface area contributed by atoms with E-state index >= 15 is 0 Å². The van der Waals surface area contributed by atoms with Gasteiger partial charge in [0.05, 0.1) is 24.9 Å². The van der Waals surface area contributed by atoms with Gasteiger partial charge in [-0.05, 0) is 30.3 Å². The van der Waals surface area contributed by atoms with Crippen LogP contribution in [-0.2, 0) is 0 Å². The lowest BCUT2D eigenvalue weighted by Crippen LogP contribution is -1.97. The van der Waals surface area contributed by atoms with E-state index in [0.29, 0.717) is 44.6 Å². The van der Waals surface area contributed by atoms with E-state index in [1.807, 2.05) is 0 Å². The van der Waals surface area contributed by atoms with Gasteiger partial charge < -0.3 is 14.8 Å². The van der Waals surface area contributed by atoms with Crippen LogP contribution in [0, 0.1) is 11.6 Å². The first kappa shape index (κ1) is 18.9. The van der Waals surface area contributed by atoms with Crippen molar-refractivity contribution in [3.63, 3.8) is 0 Å². The van der Waals surface area contributed by atoms with Crippen molar-refractivity contribution in [2.45, 2.75) is 0 Å². The smallest absolute Gasteiger partial charge is 0.162 e. The highest BCUT2D eigenvalue weighted by Crippen LogP contribution is 2.39. The summed E-state index contributed by atoms with van der Waals surface area (Å²) >= 11 is 6.40. The van der Waals surface area contributed by atoms with Crippen molar-refractivity contribution in [3.8, 4) is 22.8 Å². The second-order valence-electron chi connectivity index (χ2n) is 6.10. The molecule has 29 heavy (non-hydrogen) atoms. The predicted molar refractivity (Wildman–Crippen MR) is 107 cm³/mol. The highest BCUT2D eigenvalue weighted by molar-refractivity contribution is 6.33. The van der Waals surface area contributed by atoms with Crippen LogP contribution in [0.4, 0.5) is 20.3 Å². The van der Waals surface area contributed by atoms with Crippen molar-refractivity contribution in [1.82, 2.24) is 15.2 Å². The van der Waals surface area contributed by atoms with Crippen LogP contribution in [-0.4, -0.2) is 29.4 Å². The van der Waals surface area contributed by atoms with Crippen molar-refractivity contribution in [2.75, 3.05) is 19.5 Å². The first-order chi connectivity index (χ1) is 14.0. The molecule has 2 aromatic heterocycles. The fourth-order valence-electron chi connectivity index (χ4n) is 2.94. The Labute approximate surface area is 169 Å². The Balaban J connectivity index is 1.72. The summed E-state index contributed by atoms with van der Waals surface area (Å²) in [6.45, 7) is 0. The van der Waals surface area contributed by atoms with Gasteiger partial charge >= 0.3 is 0 Å². The zero-order chi connectivity index (χ0) is 20.5. The van der Waals surface area contributed by atoms with Crippen LogP contribution in [0.2, 0.25) is 5.02 Å². The molecule has 0 spiro atoms. The maximum Gasteiger partial charge on any atom is 0.162 e. The lowest BCUT2D eigenvalue weighted by Gasteiger charge is -2.11. The minimum atomic E-state index is -0.714. The molecule has 0 aliphatic carbocycles. The number of benzene rings is 2. The van der Waals surface area contributed by atoms with Gasteiger partial charge in [-0.3, -0.25) is 5.10 Å². The Morgan fingerprint density at radius 1 is 1.00 bits per heavy atom. The van der Waals surface area contributed by atoms with Crippen molar-refractivity contribution >= 4 is 34.1 Å². The van der Waals surface area contributed by atoms with Crippen LogP contribution in [0.15, 0.2) is 42.5 Å². The third-order valence-electron chi connectivity index (χ3n) is 4.35. The van der Waals surface area contributed by atoms with Gasteiger partial charge in [0, 0.05) is 23.1 Å². The van der Waals surface area contributed by atoms with Gasteiger partial charge in [0.25, 0.3) is 0 Å². The molecular formula is C20H15ClF2N4O2. The van der Waals surface area contributed by atoms with Crippen molar-refractivity contribution in [3.05, 3.63) is 59.1 Å². The summed E-state index contributed by atoms with van der Waals surface area (Å²) in [7, 11) is 3.06. The molecule has 2 aromatic carbocycles. The third kappa shape index (κ3) is 3.54. The molecule has 0 atom stereocenters. The van der Waals surface area contributed by atoms with E-state index in [4.69, 9.17) is 21.1 Å². The third-order valence-corrected chi connectivity index (χ3v) is 4.66. The highest BCUT2D eigenvalue weighted by Gasteiger charge is 2.17. The number of pyridine rings is 1. The molecule has 4 rings (SSSR count). The number of ether oxygens (including phenoxy) is 2. The standard InChI is InChI=1S/C20H15ClF2N4O2/c1-28-16-8-12(13(21)9-17(16)29-2)19-11-4-6-18(25-20(11)27-26-19)24-15-5-3-10(22)7-14(15)23/h3-9H,1-2H3,(H2,24,25,26,27). The Morgan fingerprint density at radius 2 is 1.76 bits per heavy atom. The summed E-state index contributed by atoms with van der Waals surface area (Å²) in [4.78, 5) is 4.40. The molecule has 0 aliphatic heterocycles. The van der Waals surface area contributed by atoms with Crippen molar-refractivity contribution in [2.24, 2.45) is 0 Å². The number of anilines is 2. The van der Waals surface area contributed by atoms with E-state index < -0.39 is 11.6 Å². The molecule has 0 saturated carbocycles. The highest BCUT2D eigenvalue weighted by atomic mass is 35.5. The number of fused-ring (bicyclic) bond motifs is 1. The number of aromatic nitrogens is 3. The number of H-pyrrole nitrogens is 1. The maximum absolute atomic E-state index is 13.9. The molecule has 9 heteroatoms. The van der Waals surface area contributed by atoms with Gasteiger partial charge in [-0.25, -0.2) is 13.8 Å². The Hall–Kier alpha value is -3.39. The number of methoxy groups -OCH3 is 2. The first-order valence-corrected chi connectivity index (χ1v) is 8.87. The van der Waals surface area contributed by atoms with E-state index in [9.17, 15) is 8.78 Å². The van der Waals surface area contributed by atoms with E-state index in [2.05, 4.69) is 20.5 Å². The Morgan fingerprint density at radius 3 is 2.48 bits per heavy atom. The average molecular weight is 417 g/mol. The van der Waals surface area contributed by atoms with Crippen LogP contribution in [0.3, 0.4) is 0 Å². The average Bonchev–Trinajstić information content (AvgIpc) is 3.13. The van der Waals surface area contributed by atoms with Crippen LogP contribution in [0.5, 0.6) is 11.5 Å². The molecule has 0 amide bonds. The van der Waals surface area contributed by atoms with E-state index in [1.54, 1.807) is 24.3 Å². The molecule has 6 nitrogen and oxygen atoms in total. The zero-order valence-electron chi connectivity index (χ0n) is 15.4. The van der Waals surface area contributed by atoms with E-state index in [-0.39, 0.29) is 5.69 Å². The number of halogens is 3. The SMILES string of the molecule is COc1cc(Cl)c(-c2n[nH]c3nc(Nc4ccc(F)cc4F)ccc23)cc1OC. The normalized spacial score (nSPS) is 10.9. The fourth-order valence-corrected chi connectivity index (χ4v) is 3.19. The lowest BCUT2D eigenvalue weighted by atomic mass is 10.1. The number of hydrogen-bond donors (Lipinski definition) is 2. The van der Waals surface area contributed by atoms with Gasteiger partial charge in [0.1, 0.15) is 23.1 Å². The molecular weight excluding hydrogens is 402 g/mol. The predicted octanol–water partition coefficient (Wildman–Crippen LogP) is 5.32. The summed E-state index contributed by atoms with van der Waals surface area (Å²) in [5.41, 5.74) is 1.81. The monoisotopic (exact) mass is 416 g/mol. The van der Waals surface area contributed by atoms with Gasteiger partial charge in [0.15, 0.2) is 17.1 Å². The molecule has 0 saturated heterocycles. The minimum absolute atomic E-state index is 0.112. The van der Waals surface area contributed by atoms with Crippen molar-refractivity contribution < 1.29 is 18.3 Å². The summed E-state index contributed by atoms with van der Waals surface area (Å²) in [6.07, 6.45) is 0. The molecule has 148 valence electrons. The molecule has 2 N–H and O–H groups in total. The van der Waals surface area contributed by atoms with Crippen molar-refractivity contribution in [1.29, 1.82) is 0 Å². The molecule has 2 heterocycles. The van der Waals surface area contributed by atoms with Gasteiger partial charge in [-0.15, -0.1) is 0 Å². The van der Waals surface area contributed by atoms with Crippen LogP contribution in [0.25, 0.3) is 22.3 Å². The van der Waals surface area contributed by atoms with Crippen LogP contribution in [0.1, 0.15) is 0 Å². The fraction of sp³-hybridized carbons (Fsp3) is 0.100. The van der Waals surface area contributed by atoms with Gasteiger partial charge in [0.2, 0.25) is 0 Å². The molecule has 0 bridgehead atoms. The second kappa shape index (κ2) is 7.56. The molecule has 0 fully saturated rings. The van der Waals surface area contributed by atoms with E-state index in [0.717, 1.165) is 12.1 Å². The quantitative estimate of drug-likeness (QED) is 0.461. The number of nitrogens with zero attached hydrogens (tertiary/aromatic N) is 2. The molecule has 0 unspecified atom stereocenters. The van der Waals surface area contributed by atoms with E-state index in [1.165, 1.54) is 20.3 Å². The topological polar surface area (TPSA) is 72.1 Å². The number of aromatic amines is 1. The van der Waals surface area contributed by atoms with Crippen LogP contribution < -0.4 is 14.8 Å². The Bertz CT molecular complexity index is 1210. The summed E-state index contributed by atoms with van der Waals surface area (Å²) < 4.78 is 37.5. The zero-order valence-corrected chi connectivity index (χ0v) is 16.1. The van der Waals surface area contributed by atoms with Gasteiger partial charge in [-0.2, -0.15) is 5.10 Å². The summed E-state index contributed by atoms with van der Waals surface area (Å²) in [5.74, 6) is 0.0282. The largest absolute Gasteiger partial charge is 0.493 e. The number of rotatable bonds is 5.